The van der Waals surface area contributed by atoms with Crippen molar-refractivity contribution < 1.29 is 4.74 Å². The van der Waals surface area contributed by atoms with E-state index in [1.54, 1.807) is 0 Å². The molecule has 1 unspecified atom stereocenters. The zero-order valence-corrected chi connectivity index (χ0v) is 8.05. The molecule has 0 spiro atoms. The quantitative estimate of drug-likeness (QED) is 0.702. The summed E-state index contributed by atoms with van der Waals surface area (Å²) in [6, 6.07) is 2.77. The van der Waals surface area contributed by atoms with Crippen LogP contribution in [0.4, 0.5) is 0 Å². The minimum Gasteiger partial charge on any atom is -0.378 e. The molecule has 2 aliphatic rings. The first kappa shape index (κ1) is 8.98. The molecule has 0 aromatic heterocycles. The molecule has 0 aromatic rings. The highest BCUT2D eigenvalue weighted by molar-refractivity contribution is 5.12. The van der Waals surface area contributed by atoms with E-state index in [2.05, 4.69) is 11.4 Å². The maximum atomic E-state index is 9.14. The van der Waals surface area contributed by atoms with E-state index in [4.69, 9.17) is 10.00 Å². The van der Waals surface area contributed by atoms with Crippen molar-refractivity contribution >= 4 is 0 Å². The van der Waals surface area contributed by atoms with Crippen LogP contribution in [0.3, 0.4) is 0 Å². The normalized spacial score (nSPS) is 28.3. The predicted octanol–water partition coefficient (Wildman–Crippen LogP) is 0.915. The lowest BCUT2D eigenvalue weighted by Gasteiger charge is -2.47. The molecular formula is C10H16N2O. The largest absolute Gasteiger partial charge is 0.378 e. The van der Waals surface area contributed by atoms with Crippen LogP contribution in [0, 0.1) is 22.7 Å². The van der Waals surface area contributed by atoms with E-state index < -0.39 is 0 Å². The highest BCUT2D eigenvalue weighted by atomic mass is 16.5. The Bertz CT molecular complexity index is 226. The summed E-state index contributed by atoms with van der Waals surface area (Å²) >= 11 is 0. The van der Waals surface area contributed by atoms with Gasteiger partial charge in [-0.05, 0) is 25.8 Å². The highest BCUT2D eigenvalue weighted by Gasteiger charge is 2.49. The van der Waals surface area contributed by atoms with Crippen LogP contribution in [0.25, 0.3) is 0 Å². The zero-order chi connectivity index (χ0) is 9.31. The fourth-order valence-electron chi connectivity index (χ4n) is 2.37. The van der Waals surface area contributed by atoms with E-state index in [-0.39, 0.29) is 5.41 Å². The number of nitriles is 1. The van der Waals surface area contributed by atoms with E-state index in [9.17, 15) is 0 Å². The van der Waals surface area contributed by atoms with Crippen molar-refractivity contribution in [1.29, 1.82) is 5.26 Å². The van der Waals surface area contributed by atoms with Crippen LogP contribution in [0.15, 0.2) is 0 Å². The molecule has 1 heterocycles. The Morgan fingerprint density at radius 2 is 2.23 bits per heavy atom. The van der Waals surface area contributed by atoms with Crippen LogP contribution >= 0.6 is 0 Å². The third-order valence-electron chi connectivity index (χ3n) is 3.47. The van der Waals surface area contributed by atoms with Gasteiger partial charge in [-0.1, -0.05) is 6.42 Å². The van der Waals surface area contributed by atoms with Gasteiger partial charge in [0.05, 0.1) is 19.3 Å². The smallest absolute Gasteiger partial charge is 0.119 e. The summed E-state index contributed by atoms with van der Waals surface area (Å²) in [5.74, 6) is 0.702. The fraction of sp³-hybridized carbons (Fsp3) is 0.900. The first-order chi connectivity index (χ1) is 6.32. The van der Waals surface area contributed by atoms with Gasteiger partial charge in [0.15, 0.2) is 0 Å². The SMILES string of the molecule is CNC(C1CCC1)C1(C#N)COC1. The second-order valence-electron chi connectivity index (χ2n) is 4.22. The third-order valence-corrected chi connectivity index (χ3v) is 3.47. The lowest BCUT2D eigenvalue weighted by Crippen LogP contribution is -2.59. The molecule has 3 heteroatoms. The first-order valence-electron chi connectivity index (χ1n) is 4.99. The minimum atomic E-state index is -0.222. The maximum Gasteiger partial charge on any atom is 0.119 e. The van der Waals surface area contributed by atoms with E-state index in [1.165, 1.54) is 19.3 Å². The molecule has 3 nitrogen and oxygen atoms in total. The highest BCUT2D eigenvalue weighted by Crippen LogP contribution is 2.41. The van der Waals surface area contributed by atoms with E-state index >= 15 is 0 Å². The first-order valence-corrected chi connectivity index (χ1v) is 4.99. The lowest BCUT2D eigenvalue weighted by molar-refractivity contribution is -0.111. The van der Waals surface area contributed by atoms with Crippen molar-refractivity contribution in [2.24, 2.45) is 11.3 Å². The van der Waals surface area contributed by atoms with Crippen molar-refractivity contribution in [2.45, 2.75) is 25.3 Å². The molecule has 1 N–H and O–H groups in total. The molecule has 0 radical (unpaired) electrons. The Hall–Kier alpha value is -0.590. The van der Waals surface area contributed by atoms with Gasteiger partial charge in [-0.15, -0.1) is 0 Å². The number of hydrogen-bond donors (Lipinski definition) is 1. The molecule has 72 valence electrons. The number of hydrogen-bond acceptors (Lipinski definition) is 3. The summed E-state index contributed by atoms with van der Waals surface area (Å²) < 4.78 is 5.17. The molecule has 0 bridgehead atoms. The van der Waals surface area contributed by atoms with Crippen molar-refractivity contribution in [3.63, 3.8) is 0 Å². The number of nitrogens with zero attached hydrogens (tertiary/aromatic N) is 1. The summed E-state index contributed by atoms with van der Waals surface area (Å²) in [5, 5.41) is 12.4. The van der Waals surface area contributed by atoms with Gasteiger partial charge in [0.1, 0.15) is 5.41 Å². The zero-order valence-electron chi connectivity index (χ0n) is 8.05. The van der Waals surface area contributed by atoms with Crippen LogP contribution in [-0.2, 0) is 4.74 Å². The maximum absolute atomic E-state index is 9.14. The Kier molecular flexibility index (Phi) is 2.27. The Morgan fingerprint density at radius 1 is 1.54 bits per heavy atom. The van der Waals surface area contributed by atoms with Gasteiger partial charge in [-0.3, -0.25) is 0 Å². The number of nitrogens with one attached hydrogen (secondary N) is 1. The average Bonchev–Trinajstić information content (AvgIpc) is 1.98. The summed E-state index contributed by atoms with van der Waals surface area (Å²) in [6.45, 7) is 1.23. The van der Waals surface area contributed by atoms with Gasteiger partial charge >= 0.3 is 0 Å². The Balaban J connectivity index is 2.06. The van der Waals surface area contributed by atoms with Gasteiger partial charge in [-0.25, -0.2) is 0 Å². The van der Waals surface area contributed by atoms with Gasteiger partial charge in [0.2, 0.25) is 0 Å². The van der Waals surface area contributed by atoms with Crippen molar-refractivity contribution in [2.75, 3.05) is 20.3 Å². The topological polar surface area (TPSA) is 45.0 Å². The Labute approximate surface area is 79.1 Å². The van der Waals surface area contributed by atoms with Crippen molar-refractivity contribution in [3.8, 4) is 6.07 Å². The van der Waals surface area contributed by atoms with Gasteiger partial charge in [0, 0.05) is 6.04 Å². The average molecular weight is 180 g/mol. The van der Waals surface area contributed by atoms with Crippen molar-refractivity contribution in [1.82, 2.24) is 5.32 Å². The van der Waals surface area contributed by atoms with Crippen LogP contribution in [-0.4, -0.2) is 26.3 Å². The predicted molar refractivity (Wildman–Crippen MR) is 49.1 cm³/mol. The van der Waals surface area contributed by atoms with Crippen LogP contribution < -0.4 is 5.32 Å². The fourth-order valence-corrected chi connectivity index (χ4v) is 2.37. The Morgan fingerprint density at radius 3 is 2.46 bits per heavy atom. The number of ether oxygens (including phenoxy) is 1. The summed E-state index contributed by atoms with van der Waals surface area (Å²) in [4.78, 5) is 0. The molecule has 13 heavy (non-hydrogen) atoms. The third kappa shape index (κ3) is 1.25. The second kappa shape index (κ2) is 3.28. The minimum absolute atomic E-state index is 0.222. The molecule has 0 amide bonds. The van der Waals surface area contributed by atoms with Crippen LogP contribution in [0.2, 0.25) is 0 Å². The molecule has 1 aliphatic heterocycles. The van der Waals surface area contributed by atoms with E-state index in [0.29, 0.717) is 25.2 Å². The van der Waals surface area contributed by atoms with Gasteiger partial charge in [-0.2, -0.15) is 5.26 Å². The molecule has 2 rings (SSSR count). The monoisotopic (exact) mass is 180 g/mol. The molecule has 1 saturated heterocycles. The standard InChI is InChI=1S/C10H16N2O/c1-12-9(8-3-2-4-8)10(5-11)6-13-7-10/h8-9,12H,2-4,6-7H2,1H3. The summed E-state index contributed by atoms with van der Waals surface area (Å²) in [7, 11) is 1.96. The number of rotatable bonds is 3. The van der Waals surface area contributed by atoms with Crippen LogP contribution in [0.5, 0.6) is 0 Å². The lowest BCUT2D eigenvalue weighted by atomic mass is 9.67. The molecule has 1 atom stereocenters. The van der Waals surface area contributed by atoms with Crippen molar-refractivity contribution in [3.05, 3.63) is 0 Å². The summed E-state index contributed by atoms with van der Waals surface area (Å²) in [5.41, 5.74) is -0.222. The molecule has 1 aliphatic carbocycles. The van der Waals surface area contributed by atoms with Gasteiger partial charge < -0.3 is 10.1 Å². The molecule has 2 fully saturated rings. The molecule has 1 saturated carbocycles. The van der Waals surface area contributed by atoms with Crippen LogP contribution in [0.1, 0.15) is 19.3 Å². The van der Waals surface area contributed by atoms with E-state index in [1.807, 2.05) is 7.05 Å². The molecular weight excluding hydrogens is 164 g/mol. The molecule has 0 aromatic carbocycles. The second-order valence-corrected chi connectivity index (χ2v) is 4.22. The van der Waals surface area contributed by atoms with Gasteiger partial charge in [0.25, 0.3) is 0 Å². The summed E-state index contributed by atoms with van der Waals surface area (Å²) in [6.07, 6.45) is 3.87. The van der Waals surface area contributed by atoms with E-state index in [0.717, 1.165) is 0 Å².